The molecule has 0 bridgehead atoms. The lowest BCUT2D eigenvalue weighted by atomic mass is 9.82. The Kier molecular flexibility index (Phi) is 4.35. The number of rotatable bonds is 5. The molecule has 2 aromatic heterocycles. The number of hydrogen-bond donors (Lipinski definition) is 0. The number of aromatic nitrogens is 2. The van der Waals surface area contributed by atoms with Gasteiger partial charge in [0.25, 0.3) is 0 Å². The van der Waals surface area contributed by atoms with E-state index >= 15 is 0 Å². The van der Waals surface area contributed by atoms with E-state index in [1.165, 1.54) is 5.56 Å². The summed E-state index contributed by atoms with van der Waals surface area (Å²) in [6.07, 6.45) is 5.27. The molecule has 0 amide bonds. The summed E-state index contributed by atoms with van der Waals surface area (Å²) in [4.78, 5) is 10.9. The van der Waals surface area contributed by atoms with Crippen molar-refractivity contribution in [1.82, 2.24) is 14.9 Å². The van der Waals surface area contributed by atoms with E-state index in [1.54, 1.807) is 24.5 Å². The molecule has 2 atom stereocenters. The maximum absolute atomic E-state index is 8.85. The number of nitriles is 1. The van der Waals surface area contributed by atoms with E-state index in [1.807, 2.05) is 12.3 Å². The molecular weight excluding hydrogens is 316 g/mol. The van der Waals surface area contributed by atoms with Crippen molar-refractivity contribution in [2.75, 3.05) is 32.9 Å². The second-order valence-corrected chi connectivity index (χ2v) is 6.89. The second-order valence-electron chi connectivity index (χ2n) is 6.89. The largest absolute Gasteiger partial charge is 0.477 e. The van der Waals surface area contributed by atoms with Crippen LogP contribution in [0.3, 0.4) is 0 Å². The molecule has 2 aliphatic rings. The third-order valence-corrected chi connectivity index (χ3v) is 5.09. The Morgan fingerprint density at radius 3 is 3.08 bits per heavy atom. The van der Waals surface area contributed by atoms with E-state index in [0.717, 1.165) is 32.8 Å². The zero-order valence-electron chi connectivity index (χ0n) is 14.0. The van der Waals surface area contributed by atoms with Gasteiger partial charge in [0.1, 0.15) is 6.07 Å². The zero-order chi connectivity index (χ0) is 17.1. The highest BCUT2D eigenvalue weighted by Gasteiger charge is 2.51. The van der Waals surface area contributed by atoms with Gasteiger partial charge in [-0.3, -0.25) is 9.88 Å². The average molecular weight is 336 g/mol. The van der Waals surface area contributed by atoms with E-state index in [-0.39, 0.29) is 5.41 Å². The fourth-order valence-electron chi connectivity index (χ4n) is 3.77. The van der Waals surface area contributed by atoms with Gasteiger partial charge in [-0.05, 0) is 17.7 Å². The van der Waals surface area contributed by atoms with Gasteiger partial charge in [0.05, 0.1) is 25.4 Å². The van der Waals surface area contributed by atoms with Gasteiger partial charge in [-0.2, -0.15) is 5.26 Å². The first-order chi connectivity index (χ1) is 12.3. The van der Waals surface area contributed by atoms with Crippen LogP contribution in [0.25, 0.3) is 0 Å². The first-order valence-corrected chi connectivity index (χ1v) is 8.45. The zero-order valence-corrected chi connectivity index (χ0v) is 14.0. The third kappa shape index (κ3) is 3.34. The Morgan fingerprint density at radius 2 is 2.32 bits per heavy atom. The molecule has 0 aliphatic carbocycles. The Labute approximate surface area is 147 Å². The van der Waals surface area contributed by atoms with Crippen LogP contribution in [0.1, 0.15) is 11.1 Å². The van der Waals surface area contributed by atoms with Crippen molar-refractivity contribution >= 4 is 0 Å². The number of pyridine rings is 2. The topological polar surface area (TPSA) is 71.3 Å². The van der Waals surface area contributed by atoms with Crippen molar-refractivity contribution < 1.29 is 9.47 Å². The van der Waals surface area contributed by atoms with Crippen molar-refractivity contribution in [3.63, 3.8) is 0 Å². The SMILES string of the molecule is N#Cc1ccc(OC[C@]23COC[C@H]2CN(Cc2cccnc2)C3)nc1. The fraction of sp³-hybridized carbons (Fsp3) is 0.421. The minimum Gasteiger partial charge on any atom is -0.477 e. The van der Waals surface area contributed by atoms with E-state index in [9.17, 15) is 0 Å². The molecule has 0 saturated carbocycles. The summed E-state index contributed by atoms with van der Waals surface area (Å²) in [5.74, 6) is 1.03. The second kappa shape index (κ2) is 6.79. The van der Waals surface area contributed by atoms with Gasteiger partial charge >= 0.3 is 0 Å². The molecule has 0 radical (unpaired) electrons. The summed E-state index contributed by atoms with van der Waals surface area (Å²) in [6.45, 7) is 4.95. The van der Waals surface area contributed by atoms with E-state index < -0.39 is 0 Å². The molecule has 0 unspecified atom stereocenters. The van der Waals surface area contributed by atoms with Gasteiger partial charge in [-0.15, -0.1) is 0 Å². The van der Waals surface area contributed by atoms with Crippen LogP contribution in [0, 0.1) is 22.7 Å². The number of nitrogens with zero attached hydrogens (tertiary/aromatic N) is 4. The molecule has 6 nitrogen and oxygen atoms in total. The van der Waals surface area contributed by atoms with Gasteiger partial charge in [0, 0.05) is 55.6 Å². The Morgan fingerprint density at radius 1 is 1.36 bits per heavy atom. The summed E-state index contributed by atoms with van der Waals surface area (Å²) >= 11 is 0. The molecule has 0 spiro atoms. The first-order valence-electron chi connectivity index (χ1n) is 8.45. The van der Waals surface area contributed by atoms with Gasteiger partial charge in [-0.25, -0.2) is 4.98 Å². The molecule has 6 heteroatoms. The number of fused-ring (bicyclic) bond motifs is 1. The Balaban J connectivity index is 1.41. The van der Waals surface area contributed by atoms with Crippen molar-refractivity contribution in [2.24, 2.45) is 11.3 Å². The van der Waals surface area contributed by atoms with Crippen molar-refractivity contribution in [3.05, 3.63) is 54.0 Å². The van der Waals surface area contributed by atoms with Crippen LogP contribution < -0.4 is 4.74 Å². The average Bonchev–Trinajstić information content (AvgIpc) is 3.18. The smallest absolute Gasteiger partial charge is 0.213 e. The minimum atomic E-state index is 0.0117. The van der Waals surface area contributed by atoms with Crippen LogP contribution in [-0.2, 0) is 11.3 Å². The van der Waals surface area contributed by atoms with E-state index in [4.69, 9.17) is 14.7 Å². The predicted molar refractivity (Wildman–Crippen MR) is 90.7 cm³/mol. The summed E-state index contributed by atoms with van der Waals surface area (Å²) in [7, 11) is 0. The van der Waals surface area contributed by atoms with E-state index in [0.29, 0.717) is 24.0 Å². The molecule has 2 saturated heterocycles. The minimum absolute atomic E-state index is 0.0117. The number of hydrogen-bond acceptors (Lipinski definition) is 6. The van der Waals surface area contributed by atoms with Crippen LogP contribution in [0.15, 0.2) is 42.9 Å². The molecule has 25 heavy (non-hydrogen) atoms. The lowest BCUT2D eigenvalue weighted by molar-refractivity contribution is 0.0881. The quantitative estimate of drug-likeness (QED) is 0.830. The number of likely N-dealkylation sites (tertiary alicyclic amines) is 1. The van der Waals surface area contributed by atoms with Crippen LogP contribution >= 0.6 is 0 Å². The standard InChI is InChI=1S/C19H20N4O2/c20-6-15-3-4-18(22-8-15)25-14-19-12-23(10-17(19)11-24-13-19)9-16-2-1-5-21-7-16/h1-5,7-8,17H,9-14H2/t17-,19+/m1/s1. The number of ether oxygens (including phenoxy) is 2. The summed E-state index contributed by atoms with van der Waals surface area (Å²) < 4.78 is 11.7. The Hall–Kier alpha value is -2.49. The van der Waals surface area contributed by atoms with E-state index in [2.05, 4.69) is 27.0 Å². The lowest BCUT2D eigenvalue weighted by Gasteiger charge is -2.27. The summed E-state index contributed by atoms with van der Waals surface area (Å²) in [5, 5.41) is 8.85. The molecule has 0 N–H and O–H groups in total. The summed E-state index contributed by atoms with van der Waals surface area (Å²) in [5.41, 5.74) is 1.78. The highest BCUT2D eigenvalue weighted by molar-refractivity contribution is 5.28. The molecule has 2 aromatic rings. The van der Waals surface area contributed by atoms with Crippen LogP contribution in [0.2, 0.25) is 0 Å². The highest BCUT2D eigenvalue weighted by Crippen LogP contribution is 2.42. The lowest BCUT2D eigenvalue weighted by Crippen LogP contribution is -2.37. The van der Waals surface area contributed by atoms with Crippen LogP contribution in [0.4, 0.5) is 0 Å². The van der Waals surface area contributed by atoms with Gasteiger partial charge in [0.2, 0.25) is 5.88 Å². The Bertz CT molecular complexity index is 759. The monoisotopic (exact) mass is 336 g/mol. The van der Waals surface area contributed by atoms with Crippen molar-refractivity contribution in [2.45, 2.75) is 6.54 Å². The molecule has 2 fully saturated rings. The first kappa shape index (κ1) is 16.0. The maximum atomic E-state index is 8.85. The van der Waals surface area contributed by atoms with Crippen molar-refractivity contribution in [3.8, 4) is 11.9 Å². The summed E-state index contributed by atoms with van der Waals surface area (Å²) in [6, 6.07) is 9.64. The van der Waals surface area contributed by atoms with Crippen LogP contribution in [0.5, 0.6) is 5.88 Å². The highest BCUT2D eigenvalue weighted by atomic mass is 16.5. The predicted octanol–water partition coefficient (Wildman–Crippen LogP) is 1.88. The molecule has 4 heterocycles. The molecule has 128 valence electrons. The maximum Gasteiger partial charge on any atom is 0.213 e. The van der Waals surface area contributed by atoms with Crippen LogP contribution in [-0.4, -0.2) is 47.8 Å². The molecule has 2 aliphatic heterocycles. The molecule has 0 aromatic carbocycles. The molecule has 4 rings (SSSR count). The fourth-order valence-corrected chi connectivity index (χ4v) is 3.77. The van der Waals surface area contributed by atoms with Gasteiger partial charge in [-0.1, -0.05) is 6.07 Å². The third-order valence-electron chi connectivity index (χ3n) is 5.09. The van der Waals surface area contributed by atoms with Gasteiger partial charge < -0.3 is 9.47 Å². The molecular formula is C19H20N4O2. The van der Waals surface area contributed by atoms with Crippen molar-refractivity contribution in [1.29, 1.82) is 5.26 Å². The van der Waals surface area contributed by atoms with Gasteiger partial charge in [0.15, 0.2) is 0 Å². The normalized spacial score (nSPS) is 25.5.